The van der Waals surface area contributed by atoms with Gasteiger partial charge >= 0.3 is 0 Å². The zero-order chi connectivity index (χ0) is 19.6. The van der Waals surface area contributed by atoms with Crippen molar-refractivity contribution < 1.29 is 9.53 Å². The average Bonchev–Trinajstić information content (AvgIpc) is 2.73. The van der Waals surface area contributed by atoms with Crippen molar-refractivity contribution >= 4 is 17.5 Å². The lowest BCUT2D eigenvalue weighted by molar-refractivity contribution is -0.121. The maximum Gasteiger partial charge on any atom is 0.220 e. The van der Waals surface area contributed by atoms with Crippen molar-refractivity contribution in [3.8, 4) is 0 Å². The minimum Gasteiger partial charge on any atom is -0.372 e. The molecule has 0 aliphatic carbocycles. The molecule has 0 unspecified atom stereocenters. The van der Waals surface area contributed by atoms with Gasteiger partial charge in [0.2, 0.25) is 5.91 Å². The predicted octanol–water partition coefficient (Wildman–Crippen LogP) is 5.31. The molecular formula is C24H24ClNO2. The van der Waals surface area contributed by atoms with E-state index in [1.165, 1.54) is 5.56 Å². The van der Waals surface area contributed by atoms with Gasteiger partial charge in [-0.05, 0) is 34.7 Å². The van der Waals surface area contributed by atoms with E-state index >= 15 is 0 Å². The van der Waals surface area contributed by atoms with Crippen LogP contribution in [0.2, 0.25) is 5.02 Å². The van der Waals surface area contributed by atoms with Crippen LogP contribution < -0.4 is 5.32 Å². The molecule has 0 aliphatic heterocycles. The van der Waals surface area contributed by atoms with Gasteiger partial charge in [-0.1, -0.05) is 84.4 Å². The second-order valence-electron chi connectivity index (χ2n) is 6.66. The summed E-state index contributed by atoms with van der Waals surface area (Å²) in [6.45, 7) is 1.69. The van der Waals surface area contributed by atoms with E-state index in [2.05, 4.69) is 17.4 Å². The summed E-state index contributed by atoms with van der Waals surface area (Å²) in [5.41, 5.74) is 4.35. The normalized spacial score (nSPS) is 10.6. The van der Waals surface area contributed by atoms with Crippen molar-refractivity contribution in [1.29, 1.82) is 0 Å². The highest BCUT2D eigenvalue weighted by Crippen LogP contribution is 2.16. The topological polar surface area (TPSA) is 38.3 Å². The summed E-state index contributed by atoms with van der Waals surface area (Å²) in [6.07, 6.45) is 1.07. The number of hydrogen-bond acceptors (Lipinski definition) is 2. The molecule has 0 bridgehead atoms. The van der Waals surface area contributed by atoms with Gasteiger partial charge in [0.05, 0.1) is 13.2 Å². The van der Waals surface area contributed by atoms with E-state index in [9.17, 15) is 4.79 Å². The van der Waals surface area contributed by atoms with Gasteiger partial charge in [-0.25, -0.2) is 0 Å². The highest BCUT2D eigenvalue weighted by atomic mass is 35.5. The van der Waals surface area contributed by atoms with Gasteiger partial charge in [0.25, 0.3) is 0 Å². The van der Waals surface area contributed by atoms with Crippen LogP contribution >= 0.6 is 11.6 Å². The molecule has 0 radical (unpaired) electrons. The lowest BCUT2D eigenvalue weighted by Crippen LogP contribution is -2.23. The van der Waals surface area contributed by atoms with Crippen molar-refractivity contribution in [2.24, 2.45) is 0 Å². The van der Waals surface area contributed by atoms with E-state index in [0.717, 1.165) is 16.7 Å². The monoisotopic (exact) mass is 393 g/mol. The van der Waals surface area contributed by atoms with Crippen molar-refractivity contribution in [1.82, 2.24) is 5.32 Å². The zero-order valence-corrected chi connectivity index (χ0v) is 16.5. The molecule has 28 heavy (non-hydrogen) atoms. The van der Waals surface area contributed by atoms with E-state index in [4.69, 9.17) is 16.3 Å². The summed E-state index contributed by atoms with van der Waals surface area (Å²) in [7, 11) is 0. The maximum absolute atomic E-state index is 12.1. The molecule has 144 valence electrons. The van der Waals surface area contributed by atoms with Gasteiger partial charge in [0.15, 0.2) is 0 Å². The lowest BCUT2D eigenvalue weighted by Gasteiger charge is -2.08. The Labute approximate surface area is 171 Å². The number of carbonyl (C=O) groups excluding carboxylic acids is 1. The molecule has 0 aliphatic rings. The number of carbonyl (C=O) groups is 1. The van der Waals surface area contributed by atoms with Crippen LogP contribution in [0.5, 0.6) is 0 Å². The molecular weight excluding hydrogens is 370 g/mol. The molecule has 3 aromatic rings. The first kappa shape index (κ1) is 20.1. The van der Waals surface area contributed by atoms with Gasteiger partial charge in [0.1, 0.15) is 0 Å². The first-order valence-electron chi connectivity index (χ1n) is 9.40. The molecule has 3 nitrogen and oxygen atoms in total. The number of amides is 1. The lowest BCUT2D eigenvalue weighted by atomic mass is 10.1. The average molecular weight is 394 g/mol. The first-order chi connectivity index (χ1) is 13.7. The Morgan fingerprint density at radius 3 is 2.11 bits per heavy atom. The SMILES string of the molecule is O=C(CCc1ccccc1Cl)NCc1ccc(COCc2ccccc2)cc1. The molecule has 1 amide bonds. The number of nitrogens with one attached hydrogen (secondary N) is 1. The van der Waals surface area contributed by atoms with Crippen LogP contribution in [0.4, 0.5) is 0 Å². The summed E-state index contributed by atoms with van der Waals surface area (Å²) in [5.74, 6) is 0.0233. The fourth-order valence-corrected chi connectivity index (χ4v) is 3.08. The fraction of sp³-hybridized carbons (Fsp3) is 0.208. The second kappa shape index (κ2) is 10.6. The Kier molecular flexibility index (Phi) is 7.65. The van der Waals surface area contributed by atoms with Gasteiger partial charge in [0, 0.05) is 18.0 Å². The van der Waals surface area contributed by atoms with Gasteiger partial charge in [-0.2, -0.15) is 0 Å². The predicted molar refractivity (Wildman–Crippen MR) is 113 cm³/mol. The van der Waals surface area contributed by atoms with Gasteiger partial charge < -0.3 is 10.1 Å². The largest absolute Gasteiger partial charge is 0.372 e. The van der Waals surface area contributed by atoms with E-state index in [1.54, 1.807) is 0 Å². The Bertz CT molecular complexity index is 879. The zero-order valence-electron chi connectivity index (χ0n) is 15.7. The third kappa shape index (κ3) is 6.52. The molecule has 0 spiro atoms. The van der Waals surface area contributed by atoms with Crippen LogP contribution in [0.3, 0.4) is 0 Å². The fourth-order valence-electron chi connectivity index (χ4n) is 2.85. The summed E-state index contributed by atoms with van der Waals surface area (Å²) >= 11 is 6.12. The first-order valence-corrected chi connectivity index (χ1v) is 9.78. The van der Waals surface area contributed by atoms with Gasteiger partial charge in [-0.15, -0.1) is 0 Å². The van der Waals surface area contributed by atoms with E-state index < -0.39 is 0 Å². The number of benzene rings is 3. The molecule has 0 heterocycles. The standard InChI is InChI=1S/C24H24ClNO2/c25-23-9-5-4-8-22(23)14-15-24(27)26-16-19-10-12-21(13-11-19)18-28-17-20-6-2-1-3-7-20/h1-13H,14-18H2,(H,26,27). The third-order valence-electron chi connectivity index (χ3n) is 4.47. The minimum atomic E-state index is 0.0233. The maximum atomic E-state index is 12.1. The summed E-state index contributed by atoms with van der Waals surface area (Å²) in [5, 5.41) is 3.67. The number of rotatable bonds is 9. The van der Waals surface area contributed by atoms with E-state index in [-0.39, 0.29) is 5.91 Å². The van der Waals surface area contributed by atoms with Crippen molar-refractivity contribution in [3.63, 3.8) is 0 Å². The quantitative estimate of drug-likeness (QED) is 0.535. The molecule has 1 N–H and O–H groups in total. The summed E-state index contributed by atoms with van der Waals surface area (Å²) < 4.78 is 5.75. The summed E-state index contributed by atoms with van der Waals surface area (Å²) in [6, 6.07) is 25.9. The van der Waals surface area contributed by atoms with Crippen LogP contribution in [-0.2, 0) is 35.7 Å². The minimum absolute atomic E-state index is 0.0233. The third-order valence-corrected chi connectivity index (χ3v) is 4.84. The van der Waals surface area contributed by atoms with Crippen molar-refractivity contribution in [3.05, 3.63) is 106 Å². The molecule has 0 saturated carbocycles. The van der Waals surface area contributed by atoms with Crippen LogP contribution in [0.25, 0.3) is 0 Å². The van der Waals surface area contributed by atoms with Crippen LogP contribution in [0, 0.1) is 0 Å². The molecule has 4 heteroatoms. The Morgan fingerprint density at radius 1 is 0.786 bits per heavy atom. The smallest absolute Gasteiger partial charge is 0.220 e. The van der Waals surface area contributed by atoms with E-state index in [0.29, 0.717) is 37.6 Å². The Hall–Kier alpha value is -2.62. The van der Waals surface area contributed by atoms with Crippen molar-refractivity contribution in [2.45, 2.75) is 32.6 Å². The van der Waals surface area contributed by atoms with Crippen LogP contribution in [-0.4, -0.2) is 5.91 Å². The summed E-state index contributed by atoms with van der Waals surface area (Å²) in [4.78, 5) is 12.1. The number of hydrogen-bond donors (Lipinski definition) is 1. The molecule has 0 aromatic heterocycles. The van der Waals surface area contributed by atoms with E-state index in [1.807, 2.05) is 66.7 Å². The molecule has 0 saturated heterocycles. The highest BCUT2D eigenvalue weighted by Gasteiger charge is 2.05. The number of ether oxygens (including phenoxy) is 1. The Morgan fingerprint density at radius 2 is 1.39 bits per heavy atom. The Balaban J connectivity index is 1.38. The number of aryl methyl sites for hydroxylation is 1. The van der Waals surface area contributed by atoms with Crippen LogP contribution in [0.1, 0.15) is 28.7 Å². The second-order valence-corrected chi connectivity index (χ2v) is 7.07. The number of halogens is 1. The van der Waals surface area contributed by atoms with Crippen molar-refractivity contribution in [2.75, 3.05) is 0 Å². The molecule has 0 atom stereocenters. The molecule has 3 rings (SSSR count). The molecule has 0 fully saturated rings. The highest BCUT2D eigenvalue weighted by molar-refractivity contribution is 6.31. The van der Waals surface area contributed by atoms with Crippen LogP contribution in [0.15, 0.2) is 78.9 Å². The van der Waals surface area contributed by atoms with Gasteiger partial charge in [-0.3, -0.25) is 4.79 Å². The molecule has 3 aromatic carbocycles.